The van der Waals surface area contributed by atoms with E-state index in [4.69, 9.17) is 5.11 Å². The third kappa shape index (κ3) is 3.41. The zero-order valence-corrected chi connectivity index (χ0v) is 16.2. The quantitative estimate of drug-likeness (QED) is 0.496. The van der Waals surface area contributed by atoms with Crippen molar-refractivity contribution >= 4 is 28.6 Å². The molecule has 2 N–H and O–H groups in total. The van der Waals surface area contributed by atoms with Crippen LogP contribution in [0.4, 0.5) is 4.39 Å². The summed E-state index contributed by atoms with van der Waals surface area (Å²) >= 11 is 2.87. The minimum atomic E-state index is -1.38. The number of aromatic carboxylic acids is 1. The molecule has 0 atom stereocenters. The molecule has 0 radical (unpaired) electrons. The van der Waals surface area contributed by atoms with Crippen molar-refractivity contribution in [3.8, 4) is 26.6 Å². The monoisotopic (exact) mass is 415 g/mol. The van der Waals surface area contributed by atoms with Crippen molar-refractivity contribution in [2.45, 2.75) is 13.5 Å². The molecule has 0 unspecified atom stereocenters. The van der Waals surface area contributed by atoms with Gasteiger partial charge in [-0.1, -0.05) is 0 Å². The van der Waals surface area contributed by atoms with Crippen molar-refractivity contribution in [2.75, 3.05) is 0 Å². The van der Waals surface area contributed by atoms with Crippen LogP contribution < -0.4 is 0 Å². The van der Waals surface area contributed by atoms with Gasteiger partial charge in [0.1, 0.15) is 22.1 Å². The highest BCUT2D eigenvalue weighted by Gasteiger charge is 2.18. The van der Waals surface area contributed by atoms with Crippen LogP contribution in [0.3, 0.4) is 0 Å². The Morgan fingerprint density at radius 2 is 2.14 bits per heavy atom. The minimum Gasteiger partial charge on any atom is -0.507 e. The lowest BCUT2D eigenvalue weighted by molar-refractivity contribution is 0.0693. The van der Waals surface area contributed by atoms with Gasteiger partial charge in [-0.2, -0.15) is 5.10 Å². The summed E-state index contributed by atoms with van der Waals surface area (Å²) in [5.41, 5.74) is 1.49. The first-order valence-electron chi connectivity index (χ1n) is 8.21. The molecule has 3 aromatic heterocycles. The van der Waals surface area contributed by atoms with Crippen LogP contribution in [0.2, 0.25) is 0 Å². The number of carboxylic acids is 1. The summed E-state index contributed by atoms with van der Waals surface area (Å²) in [5.74, 6) is -2.53. The molecule has 4 rings (SSSR count). The number of halogens is 1. The fourth-order valence-corrected chi connectivity index (χ4v) is 4.88. The van der Waals surface area contributed by atoms with E-state index in [1.54, 1.807) is 22.2 Å². The largest absolute Gasteiger partial charge is 0.507 e. The van der Waals surface area contributed by atoms with E-state index in [-0.39, 0.29) is 5.56 Å². The summed E-state index contributed by atoms with van der Waals surface area (Å²) in [7, 11) is 0. The van der Waals surface area contributed by atoms with E-state index in [0.717, 1.165) is 33.3 Å². The van der Waals surface area contributed by atoms with Gasteiger partial charge in [-0.25, -0.2) is 14.2 Å². The van der Waals surface area contributed by atoms with Gasteiger partial charge in [0.15, 0.2) is 0 Å². The number of rotatable bonds is 5. The van der Waals surface area contributed by atoms with E-state index < -0.39 is 23.1 Å². The summed E-state index contributed by atoms with van der Waals surface area (Å²) in [4.78, 5) is 17.2. The number of carbonyl (C=O) groups is 1. The topological polar surface area (TPSA) is 88.2 Å². The normalized spacial score (nSPS) is 11.1. The van der Waals surface area contributed by atoms with Crippen LogP contribution in [-0.4, -0.2) is 30.9 Å². The van der Waals surface area contributed by atoms with Gasteiger partial charge in [0.2, 0.25) is 0 Å². The van der Waals surface area contributed by atoms with Gasteiger partial charge in [-0.15, -0.1) is 22.7 Å². The molecular formula is C19H14FN3O3S2. The molecule has 28 heavy (non-hydrogen) atoms. The molecule has 0 bridgehead atoms. The molecule has 0 amide bonds. The number of nitrogens with zero attached hydrogens (tertiary/aromatic N) is 3. The minimum absolute atomic E-state index is 0.165. The molecule has 0 spiro atoms. The van der Waals surface area contributed by atoms with E-state index in [1.807, 2.05) is 30.6 Å². The lowest BCUT2D eigenvalue weighted by atomic mass is 10.1. The van der Waals surface area contributed by atoms with Crippen LogP contribution in [0.25, 0.3) is 20.9 Å². The SMILES string of the molecule is Cc1nc(Cn2cccn2)sc1-c1csc(-c2cc(O)c(C(=O)O)cc2F)c1. The highest BCUT2D eigenvalue weighted by molar-refractivity contribution is 7.17. The van der Waals surface area contributed by atoms with Gasteiger partial charge < -0.3 is 10.2 Å². The third-order valence-electron chi connectivity index (χ3n) is 4.14. The number of aryl methyl sites for hydroxylation is 1. The number of hydrogen-bond acceptors (Lipinski definition) is 6. The van der Waals surface area contributed by atoms with Crippen molar-refractivity contribution in [2.24, 2.45) is 0 Å². The highest BCUT2D eigenvalue weighted by atomic mass is 32.1. The summed E-state index contributed by atoms with van der Waals surface area (Å²) in [6.45, 7) is 2.50. The summed E-state index contributed by atoms with van der Waals surface area (Å²) in [6.07, 6.45) is 3.58. The maximum atomic E-state index is 14.4. The molecule has 0 aliphatic carbocycles. The maximum Gasteiger partial charge on any atom is 0.339 e. The first kappa shape index (κ1) is 18.3. The summed E-state index contributed by atoms with van der Waals surface area (Å²) in [5, 5.41) is 25.9. The number of phenols is 1. The highest BCUT2D eigenvalue weighted by Crippen LogP contribution is 2.39. The zero-order chi connectivity index (χ0) is 19.8. The van der Waals surface area contributed by atoms with E-state index in [9.17, 15) is 14.3 Å². The van der Waals surface area contributed by atoms with E-state index in [1.165, 1.54) is 11.3 Å². The van der Waals surface area contributed by atoms with Crippen molar-refractivity contribution in [3.63, 3.8) is 0 Å². The van der Waals surface area contributed by atoms with Crippen molar-refractivity contribution in [1.82, 2.24) is 14.8 Å². The molecule has 4 aromatic rings. The molecule has 0 aliphatic heterocycles. The maximum absolute atomic E-state index is 14.4. The lowest BCUT2D eigenvalue weighted by Gasteiger charge is -2.04. The molecule has 0 fully saturated rings. The van der Waals surface area contributed by atoms with Gasteiger partial charge in [0.05, 0.1) is 17.1 Å². The number of carboxylic acid groups (broad SMARTS) is 1. The second kappa shape index (κ2) is 7.17. The van der Waals surface area contributed by atoms with Crippen molar-refractivity contribution < 1.29 is 19.4 Å². The molecule has 9 heteroatoms. The van der Waals surface area contributed by atoms with Crippen LogP contribution in [-0.2, 0) is 6.54 Å². The molecule has 0 saturated heterocycles. The summed E-state index contributed by atoms with van der Waals surface area (Å²) < 4.78 is 16.2. The Hall–Kier alpha value is -3.04. The standard InChI is InChI=1S/C19H14FN3O3S2/c1-10-18(28-17(22-10)8-23-4-2-3-21-23)11-5-16(27-9-11)12-7-15(24)13(19(25)26)6-14(12)20/h2-7,9,24H,8H2,1H3,(H,25,26). The average Bonchev–Trinajstić information content (AvgIpc) is 3.38. The molecule has 0 aliphatic rings. The van der Waals surface area contributed by atoms with E-state index in [0.29, 0.717) is 11.4 Å². The first-order chi connectivity index (χ1) is 13.4. The number of aromatic hydroxyl groups is 1. The molecule has 0 saturated carbocycles. The second-order valence-electron chi connectivity index (χ2n) is 6.08. The number of thiazole rings is 1. The molecule has 142 valence electrons. The Labute approximate surface area is 167 Å². The van der Waals surface area contributed by atoms with Crippen LogP contribution in [0.15, 0.2) is 42.0 Å². The fraction of sp³-hybridized carbons (Fsp3) is 0.105. The Morgan fingerprint density at radius 1 is 1.32 bits per heavy atom. The zero-order valence-electron chi connectivity index (χ0n) is 14.6. The van der Waals surface area contributed by atoms with E-state index >= 15 is 0 Å². The fourth-order valence-electron chi connectivity index (χ4n) is 2.84. The number of thiophene rings is 1. The molecule has 1 aromatic carbocycles. The van der Waals surface area contributed by atoms with Crippen molar-refractivity contribution in [3.05, 3.63) is 64.1 Å². The van der Waals surface area contributed by atoms with Crippen LogP contribution in [0, 0.1) is 12.7 Å². The van der Waals surface area contributed by atoms with Crippen LogP contribution >= 0.6 is 22.7 Å². The number of hydrogen-bond donors (Lipinski definition) is 2. The number of benzene rings is 1. The summed E-state index contributed by atoms with van der Waals surface area (Å²) in [6, 6.07) is 5.66. The van der Waals surface area contributed by atoms with E-state index in [2.05, 4.69) is 10.1 Å². The third-order valence-corrected chi connectivity index (χ3v) is 6.29. The van der Waals surface area contributed by atoms with Gasteiger partial charge >= 0.3 is 5.97 Å². The number of aromatic nitrogens is 3. The van der Waals surface area contributed by atoms with Crippen LogP contribution in [0.1, 0.15) is 21.1 Å². The molecular weight excluding hydrogens is 401 g/mol. The predicted molar refractivity (Wildman–Crippen MR) is 106 cm³/mol. The molecule has 3 heterocycles. The Kier molecular flexibility index (Phi) is 4.70. The van der Waals surface area contributed by atoms with Gasteiger partial charge in [0, 0.05) is 33.8 Å². The lowest BCUT2D eigenvalue weighted by Crippen LogP contribution is -1.98. The van der Waals surface area contributed by atoms with Crippen LogP contribution in [0.5, 0.6) is 5.75 Å². The Morgan fingerprint density at radius 3 is 2.86 bits per heavy atom. The predicted octanol–water partition coefficient (Wildman–Crippen LogP) is 4.63. The van der Waals surface area contributed by atoms with Crippen molar-refractivity contribution in [1.29, 1.82) is 0 Å². The smallest absolute Gasteiger partial charge is 0.339 e. The Bertz CT molecular complexity index is 1170. The molecule has 6 nitrogen and oxygen atoms in total. The Balaban J connectivity index is 1.66. The average molecular weight is 415 g/mol. The first-order valence-corrected chi connectivity index (χ1v) is 9.91. The van der Waals surface area contributed by atoms with Gasteiger partial charge in [-0.3, -0.25) is 4.68 Å². The van der Waals surface area contributed by atoms with Gasteiger partial charge in [-0.05, 0) is 31.2 Å². The van der Waals surface area contributed by atoms with Gasteiger partial charge in [0.25, 0.3) is 0 Å². The second-order valence-corrected chi connectivity index (χ2v) is 8.07.